The molecule has 21 heavy (non-hydrogen) atoms. The zero-order chi connectivity index (χ0) is 15.8. The van der Waals surface area contributed by atoms with Gasteiger partial charge in [0.05, 0.1) is 12.3 Å². The number of carbonyl (C=O) groups is 1. The van der Waals surface area contributed by atoms with Crippen LogP contribution in [0.25, 0.3) is 0 Å². The van der Waals surface area contributed by atoms with E-state index in [1.165, 1.54) is 18.2 Å². The number of amides is 1. The summed E-state index contributed by atoms with van der Waals surface area (Å²) in [6, 6.07) is 4.43. The van der Waals surface area contributed by atoms with Crippen molar-refractivity contribution in [3.05, 3.63) is 24.0 Å². The molecule has 0 heterocycles. The Morgan fingerprint density at radius 3 is 2.76 bits per heavy atom. The van der Waals surface area contributed by atoms with Crippen LogP contribution >= 0.6 is 0 Å². The summed E-state index contributed by atoms with van der Waals surface area (Å²) in [5.74, 6) is -0.722. The van der Waals surface area contributed by atoms with Gasteiger partial charge in [0.15, 0.2) is 0 Å². The fourth-order valence-corrected chi connectivity index (χ4v) is 1.93. The number of nitrogens with one attached hydrogen (secondary N) is 1. The average molecular weight is 297 g/mol. The van der Waals surface area contributed by atoms with E-state index in [1.807, 2.05) is 0 Å². The van der Waals surface area contributed by atoms with Crippen molar-refractivity contribution in [1.29, 1.82) is 0 Å². The lowest BCUT2D eigenvalue weighted by molar-refractivity contribution is -0.116. The molecule has 6 heteroatoms. The lowest BCUT2D eigenvalue weighted by Crippen LogP contribution is -2.36. The molecule has 118 valence electrons. The lowest BCUT2D eigenvalue weighted by atomic mass is 10.2. The monoisotopic (exact) mass is 297 g/mol. The van der Waals surface area contributed by atoms with E-state index >= 15 is 0 Å². The van der Waals surface area contributed by atoms with Gasteiger partial charge in [-0.2, -0.15) is 0 Å². The van der Waals surface area contributed by atoms with Crippen LogP contribution in [-0.2, 0) is 9.53 Å². The molecule has 0 bridgehead atoms. The van der Waals surface area contributed by atoms with Crippen LogP contribution in [0.1, 0.15) is 20.3 Å². The van der Waals surface area contributed by atoms with E-state index in [2.05, 4.69) is 24.1 Å². The maximum Gasteiger partial charge on any atom is 0.225 e. The number of benzene rings is 1. The topological polar surface area (TPSA) is 67.6 Å². The van der Waals surface area contributed by atoms with Crippen molar-refractivity contribution in [1.82, 2.24) is 4.90 Å². The number of carbonyl (C=O) groups excluding carboxylic acids is 1. The average Bonchev–Trinajstić information content (AvgIpc) is 2.42. The van der Waals surface area contributed by atoms with Crippen molar-refractivity contribution >= 4 is 17.3 Å². The fraction of sp³-hybridized carbons (Fsp3) is 0.533. The van der Waals surface area contributed by atoms with E-state index in [4.69, 9.17) is 10.5 Å². The van der Waals surface area contributed by atoms with Crippen molar-refractivity contribution < 1.29 is 13.9 Å². The van der Waals surface area contributed by atoms with Crippen LogP contribution in [0.2, 0.25) is 0 Å². The molecule has 1 amide bonds. The highest BCUT2D eigenvalue weighted by Crippen LogP contribution is 2.17. The minimum atomic E-state index is -0.488. The van der Waals surface area contributed by atoms with Gasteiger partial charge in [0.2, 0.25) is 5.91 Å². The van der Waals surface area contributed by atoms with Gasteiger partial charge in [0, 0.05) is 38.3 Å². The van der Waals surface area contributed by atoms with Gasteiger partial charge in [-0.15, -0.1) is 0 Å². The number of hydrogen-bond acceptors (Lipinski definition) is 4. The molecule has 0 saturated carbocycles. The standard InChI is InChI=1S/C15H24FN3O2/c1-11(2)19(8-9-21-3)7-6-15(20)18-14-10-12(17)4-5-13(14)16/h4-5,10-11H,6-9,17H2,1-3H3,(H,18,20). The van der Waals surface area contributed by atoms with E-state index in [-0.39, 0.29) is 18.0 Å². The molecule has 0 radical (unpaired) electrons. The van der Waals surface area contributed by atoms with Crippen molar-refractivity contribution in [2.45, 2.75) is 26.3 Å². The summed E-state index contributed by atoms with van der Waals surface area (Å²) in [5, 5.41) is 2.55. The van der Waals surface area contributed by atoms with Gasteiger partial charge in [-0.1, -0.05) is 0 Å². The normalized spacial score (nSPS) is 11.1. The Morgan fingerprint density at radius 1 is 1.43 bits per heavy atom. The molecule has 0 aromatic heterocycles. The molecular weight excluding hydrogens is 273 g/mol. The van der Waals surface area contributed by atoms with Gasteiger partial charge in [-0.05, 0) is 32.0 Å². The van der Waals surface area contributed by atoms with E-state index < -0.39 is 5.82 Å². The first-order valence-corrected chi connectivity index (χ1v) is 7.02. The number of hydrogen-bond donors (Lipinski definition) is 2. The molecule has 0 aliphatic rings. The van der Waals surface area contributed by atoms with Gasteiger partial charge in [0.25, 0.3) is 0 Å². The summed E-state index contributed by atoms with van der Waals surface area (Å²) in [6.07, 6.45) is 0.288. The van der Waals surface area contributed by atoms with Crippen LogP contribution in [-0.4, -0.2) is 43.7 Å². The number of halogens is 1. The first kappa shape index (κ1) is 17.4. The zero-order valence-electron chi connectivity index (χ0n) is 12.9. The second-order valence-electron chi connectivity index (χ2n) is 5.16. The third kappa shape index (κ3) is 6.10. The minimum absolute atomic E-state index is 0.119. The molecule has 5 nitrogen and oxygen atoms in total. The highest BCUT2D eigenvalue weighted by atomic mass is 19.1. The van der Waals surface area contributed by atoms with Gasteiger partial charge in [0.1, 0.15) is 5.82 Å². The second-order valence-corrected chi connectivity index (χ2v) is 5.16. The minimum Gasteiger partial charge on any atom is -0.399 e. The predicted molar refractivity (Wildman–Crippen MR) is 82.6 cm³/mol. The Labute approximate surface area is 125 Å². The molecule has 0 atom stereocenters. The molecule has 0 saturated heterocycles. The molecule has 0 spiro atoms. The Bertz CT molecular complexity index is 466. The van der Waals surface area contributed by atoms with E-state index in [0.717, 1.165) is 6.54 Å². The maximum atomic E-state index is 13.5. The van der Waals surface area contributed by atoms with E-state index in [9.17, 15) is 9.18 Å². The van der Waals surface area contributed by atoms with Crippen LogP contribution in [0.15, 0.2) is 18.2 Å². The molecule has 0 aliphatic carbocycles. The summed E-state index contributed by atoms with van der Waals surface area (Å²) >= 11 is 0. The summed E-state index contributed by atoms with van der Waals surface area (Å²) in [6.45, 7) is 6.09. The highest BCUT2D eigenvalue weighted by Gasteiger charge is 2.12. The quantitative estimate of drug-likeness (QED) is 0.721. The Morgan fingerprint density at radius 2 is 2.14 bits per heavy atom. The van der Waals surface area contributed by atoms with Crippen LogP contribution in [0.3, 0.4) is 0 Å². The maximum absolute atomic E-state index is 13.5. The van der Waals surface area contributed by atoms with Crippen molar-refractivity contribution in [2.75, 3.05) is 37.9 Å². The summed E-state index contributed by atoms with van der Waals surface area (Å²) in [4.78, 5) is 14.0. The lowest BCUT2D eigenvalue weighted by Gasteiger charge is -2.25. The summed E-state index contributed by atoms with van der Waals surface area (Å²) < 4.78 is 18.6. The summed E-state index contributed by atoms with van der Waals surface area (Å²) in [7, 11) is 1.65. The Kier molecular flexibility index (Phi) is 7.11. The second kappa shape index (κ2) is 8.59. The number of anilines is 2. The van der Waals surface area contributed by atoms with Crippen LogP contribution in [0.5, 0.6) is 0 Å². The van der Waals surface area contributed by atoms with E-state index in [1.54, 1.807) is 7.11 Å². The third-order valence-electron chi connectivity index (χ3n) is 3.20. The van der Waals surface area contributed by atoms with Crippen LogP contribution < -0.4 is 11.1 Å². The number of nitrogen functional groups attached to an aromatic ring is 1. The van der Waals surface area contributed by atoms with Gasteiger partial charge >= 0.3 is 0 Å². The molecular formula is C15H24FN3O2. The number of nitrogens with two attached hydrogens (primary N) is 1. The number of nitrogens with zero attached hydrogens (tertiary/aromatic N) is 1. The number of ether oxygens (including phenoxy) is 1. The van der Waals surface area contributed by atoms with Gasteiger partial charge in [-0.25, -0.2) is 4.39 Å². The third-order valence-corrected chi connectivity index (χ3v) is 3.20. The highest BCUT2D eigenvalue weighted by molar-refractivity contribution is 5.91. The van der Waals surface area contributed by atoms with Crippen molar-refractivity contribution in [3.63, 3.8) is 0 Å². The Hall–Kier alpha value is -1.66. The first-order chi connectivity index (χ1) is 9.93. The molecule has 0 unspecified atom stereocenters. The van der Waals surface area contributed by atoms with Gasteiger partial charge in [-0.3, -0.25) is 9.69 Å². The predicted octanol–water partition coefficient (Wildman–Crippen LogP) is 2.09. The molecule has 1 aromatic carbocycles. The fourth-order valence-electron chi connectivity index (χ4n) is 1.93. The largest absolute Gasteiger partial charge is 0.399 e. The number of methoxy groups -OCH3 is 1. The van der Waals surface area contributed by atoms with Crippen LogP contribution in [0.4, 0.5) is 15.8 Å². The molecule has 0 aliphatic heterocycles. The zero-order valence-corrected chi connectivity index (χ0v) is 12.9. The van der Waals surface area contributed by atoms with Crippen molar-refractivity contribution in [3.8, 4) is 0 Å². The molecule has 0 fully saturated rings. The van der Waals surface area contributed by atoms with Crippen LogP contribution in [0, 0.1) is 5.82 Å². The van der Waals surface area contributed by atoms with Gasteiger partial charge < -0.3 is 15.8 Å². The molecule has 1 rings (SSSR count). The van der Waals surface area contributed by atoms with Crippen molar-refractivity contribution in [2.24, 2.45) is 0 Å². The number of rotatable bonds is 8. The molecule has 1 aromatic rings. The Balaban J connectivity index is 2.50. The first-order valence-electron chi connectivity index (χ1n) is 7.02. The van der Waals surface area contributed by atoms with E-state index in [0.29, 0.717) is 24.9 Å². The summed E-state index contributed by atoms with van der Waals surface area (Å²) in [5.41, 5.74) is 6.11. The smallest absolute Gasteiger partial charge is 0.225 e. The SMILES string of the molecule is COCCN(CCC(=O)Nc1cc(N)ccc1F)C(C)C. The molecule has 3 N–H and O–H groups in total.